The fourth-order valence-electron chi connectivity index (χ4n) is 3.64. The van der Waals surface area contributed by atoms with Gasteiger partial charge >= 0.3 is 0 Å². The van der Waals surface area contributed by atoms with Gasteiger partial charge in [0.05, 0.1) is 6.20 Å². The van der Waals surface area contributed by atoms with Crippen molar-refractivity contribution < 1.29 is 4.79 Å². The van der Waals surface area contributed by atoms with Crippen LogP contribution in [-0.2, 0) is 4.79 Å². The topological polar surface area (TPSA) is 62.5 Å². The van der Waals surface area contributed by atoms with Gasteiger partial charge < -0.3 is 10.2 Å². The van der Waals surface area contributed by atoms with Gasteiger partial charge in [0.2, 0.25) is 5.91 Å². The molecule has 0 unspecified atom stereocenters. The van der Waals surface area contributed by atoms with Gasteiger partial charge in [-0.2, -0.15) is 0 Å². The summed E-state index contributed by atoms with van der Waals surface area (Å²) in [7, 11) is 0. The number of amides is 1. The van der Waals surface area contributed by atoms with Crippen LogP contribution in [0, 0.1) is 0 Å². The Morgan fingerprint density at radius 3 is 2.63 bits per heavy atom. The highest BCUT2D eigenvalue weighted by Gasteiger charge is 2.17. The lowest BCUT2D eigenvalue weighted by Gasteiger charge is -2.20. The van der Waals surface area contributed by atoms with Crippen LogP contribution in [0.2, 0.25) is 0 Å². The quantitative estimate of drug-likeness (QED) is 0.752. The summed E-state index contributed by atoms with van der Waals surface area (Å²) < 4.78 is 1.99. The van der Waals surface area contributed by atoms with E-state index in [1.165, 1.54) is 12.8 Å². The van der Waals surface area contributed by atoms with E-state index in [4.69, 9.17) is 4.98 Å². The number of carbonyl (C=O) groups excluding carboxylic acids is 1. The van der Waals surface area contributed by atoms with Gasteiger partial charge in [-0.1, -0.05) is 43.2 Å². The fourth-order valence-corrected chi connectivity index (χ4v) is 3.64. The zero-order chi connectivity index (χ0) is 18.5. The standard InChI is InChI=1S/C21H25N5O/c27-19(25-13-6-1-2-7-14-25)10-11-23-21-20(17-8-4-3-5-9-17)24-18-16-22-12-15-26(18)21/h3-5,8-9,12,15-16,23H,1-2,6-7,10-11,13-14H2. The maximum Gasteiger partial charge on any atom is 0.224 e. The van der Waals surface area contributed by atoms with Crippen molar-refractivity contribution in [2.75, 3.05) is 25.0 Å². The lowest BCUT2D eigenvalue weighted by molar-refractivity contribution is -0.130. The summed E-state index contributed by atoms with van der Waals surface area (Å²) in [4.78, 5) is 23.5. The Kier molecular flexibility index (Phi) is 5.32. The molecule has 0 aliphatic carbocycles. The van der Waals surface area contributed by atoms with E-state index in [1.807, 2.05) is 45.8 Å². The number of anilines is 1. The second-order valence-corrected chi connectivity index (χ2v) is 6.95. The molecule has 1 amide bonds. The number of benzene rings is 1. The van der Waals surface area contributed by atoms with Gasteiger partial charge in [0.1, 0.15) is 11.5 Å². The monoisotopic (exact) mass is 363 g/mol. The normalized spacial score (nSPS) is 14.9. The molecule has 0 radical (unpaired) electrons. The third kappa shape index (κ3) is 3.94. The highest BCUT2D eigenvalue weighted by molar-refractivity contribution is 5.78. The summed E-state index contributed by atoms with van der Waals surface area (Å²) in [5.41, 5.74) is 2.71. The van der Waals surface area contributed by atoms with Crippen molar-refractivity contribution in [2.45, 2.75) is 32.1 Å². The second kappa shape index (κ2) is 8.20. The van der Waals surface area contributed by atoms with Gasteiger partial charge in [0, 0.05) is 44.0 Å². The first-order valence-electron chi connectivity index (χ1n) is 9.72. The molecule has 1 aliphatic rings. The molecule has 1 saturated heterocycles. The molecule has 0 atom stereocenters. The minimum Gasteiger partial charge on any atom is -0.369 e. The van der Waals surface area contributed by atoms with E-state index in [0.29, 0.717) is 13.0 Å². The largest absolute Gasteiger partial charge is 0.369 e. The smallest absolute Gasteiger partial charge is 0.224 e. The summed E-state index contributed by atoms with van der Waals surface area (Å²) in [6.45, 7) is 2.38. The molecule has 1 aromatic carbocycles. The first kappa shape index (κ1) is 17.5. The highest BCUT2D eigenvalue weighted by Crippen LogP contribution is 2.28. The summed E-state index contributed by atoms with van der Waals surface area (Å²) in [6.07, 6.45) is 10.6. The Labute approximate surface area is 159 Å². The van der Waals surface area contributed by atoms with Crippen molar-refractivity contribution in [3.05, 3.63) is 48.9 Å². The molecule has 27 heavy (non-hydrogen) atoms. The summed E-state index contributed by atoms with van der Waals surface area (Å²) in [5, 5.41) is 3.45. The minimum atomic E-state index is 0.237. The van der Waals surface area contributed by atoms with Gasteiger partial charge in [-0.15, -0.1) is 0 Å². The van der Waals surface area contributed by atoms with Crippen molar-refractivity contribution in [2.24, 2.45) is 0 Å². The van der Waals surface area contributed by atoms with Crippen LogP contribution < -0.4 is 5.32 Å². The summed E-state index contributed by atoms with van der Waals surface area (Å²) in [6, 6.07) is 10.1. The van der Waals surface area contributed by atoms with E-state index >= 15 is 0 Å². The zero-order valence-corrected chi connectivity index (χ0v) is 15.5. The van der Waals surface area contributed by atoms with E-state index in [2.05, 4.69) is 10.3 Å². The van der Waals surface area contributed by atoms with Gasteiger partial charge in [-0.3, -0.25) is 14.2 Å². The summed E-state index contributed by atoms with van der Waals surface area (Å²) >= 11 is 0. The number of aromatic nitrogens is 3. The van der Waals surface area contributed by atoms with Crippen molar-refractivity contribution in [3.8, 4) is 11.3 Å². The molecular weight excluding hydrogens is 338 g/mol. The summed E-state index contributed by atoms with van der Waals surface area (Å²) in [5.74, 6) is 1.14. The average Bonchev–Trinajstić information content (AvgIpc) is 2.88. The third-order valence-electron chi connectivity index (χ3n) is 5.07. The van der Waals surface area contributed by atoms with E-state index in [0.717, 1.165) is 48.7 Å². The maximum atomic E-state index is 12.6. The predicted molar refractivity (Wildman–Crippen MR) is 107 cm³/mol. The Balaban J connectivity index is 1.50. The zero-order valence-electron chi connectivity index (χ0n) is 15.5. The molecule has 6 nitrogen and oxygen atoms in total. The molecule has 1 fully saturated rings. The van der Waals surface area contributed by atoms with Crippen LogP contribution in [0.3, 0.4) is 0 Å². The van der Waals surface area contributed by atoms with Gasteiger partial charge in [0.25, 0.3) is 0 Å². The van der Waals surface area contributed by atoms with Crippen molar-refractivity contribution in [1.29, 1.82) is 0 Å². The Hall–Kier alpha value is -2.89. The molecular formula is C21H25N5O. The van der Waals surface area contributed by atoms with Gasteiger partial charge in [0.15, 0.2) is 5.65 Å². The lowest BCUT2D eigenvalue weighted by Crippen LogP contribution is -2.33. The molecule has 3 aromatic rings. The Bertz CT molecular complexity index is 897. The van der Waals surface area contributed by atoms with Crippen LogP contribution >= 0.6 is 0 Å². The van der Waals surface area contributed by atoms with Crippen LogP contribution in [0.25, 0.3) is 16.9 Å². The number of rotatable bonds is 5. The fraction of sp³-hybridized carbons (Fsp3) is 0.381. The lowest BCUT2D eigenvalue weighted by atomic mass is 10.1. The maximum absolute atomic E-state index is 12.6. The second-order valence-electron chi connectivity index (χ2n) is 6.95. The van der Waals surface area contributed by atoms with E-state index in [-0.39, 0.29) is 5.91 Å². The van der Waals surface area contributed by atoms with E-state index in [9.17, 15) is 4.79 Å². The number of nitrogens with zero attached hydrogens (tertiary/aromatic N) is 4. The molecule has 3 heterocycles. The molecule has 6 heteroatoms. The molecule has 2 aromatic heterocycles. The van der Waals surface area contributed by atoms with Crippen LogP contribution in [0.1, 0.15) is 32.1 Å². The molecule has 4 rings (SSSR count). The highest BCUT2D eigenvalue weighted by atomic mass is 16.2. The minimum absolute atomic E-state index is 0.237. The molecule has 1 N–H and O–H groups in total. The van der Waals surface area contributed by atoms with Crippen LogP contribution in [0.5, 0.6) is 0 Å². The number of hydrogen-bond acceptors (Lipinski definition) is 4. The Morgan fingerprint density at radius 1 is 1.07 bits per heavy atom. The predicted octanol–water partition coefficient (Wildman–Crippen LogP) is 3.60. The van der Waals surface area contributed by atoms with Crippen molar-refractivity contribution >= 4 is 17.4 Å². The molecule has 0 saturated carbocycles. The molecule has 0 bridgehead atoms. The number of imidazole rings is 1. The van der Waals surface area contributed by atoms with Crippen LogP contribution in [0.15, 0.2) is 48.9 Å². The number of carbonyl (C=O) groups is 1. The van der Waals surface area contributed by atoms with E-state index < -0.39 is 0 Å². The number of hydrogen-bond donors (Lipinski definition) is 1. The first-order valence-corrected chi connectivity index (χ1v) is 9.72. The van der Waals surface area contributed by atoms with Crippen molar-refractivity contribution in [1.82, 2.24) is 19.3 Å². The first-order chi connectivity index (χ1) is 13.3. The number of fused-ring (bicyclic) bond motifs is 1. The van der Waals surface area contributed by atoms with Gasteiger partial charge in [-0.05, 0) is 12.8 Å². The number of likely N-dealkylation sites (tertiary alicyclic amines) is 1. The SMILES string of the molecule is O=C(CCNc1c(-c2ccccc2)nc2cnccn12)N1CCCCCC1. The molecule has 0 spiro atoms. The third-order valence-corrected chi connectivity index (χ3v) is 5.07. The van der Waals surface area contributed by atoms with Crippen LogP contribution in [-0.4, -0.2) is 44.8 Å². The number of nitrogens with one attached hydrogen (secondary N) is 1. The molecule has 140 valence electrons. The average molecular weight is 363 g/mol. The molecule has 1 aliphatic heterocycles. The van der Waals surface area contributed by atoms with Crippen LogP contribution in [0.4, 0.5) is 5.82 Å². The van der Waals surface area contributed by atoms with Crippen molar-refractivity contribution in [3.63, 3.8) is 0 Å². The Morgan fingerprint density at radius 2 is 1.85 bits per heavy atom. The van der Waals surface area contributed by atoms with Gasteiger partial charge in [-0.25, -0.2) is 4.98 Å². The van der Waals surface area contributed by atoms with E-state index in [1.54, 1.807) is 12.4 Å².